The number of hydrogen-bond acceptors (Lipinski definition) is 4. The quantitative estimate of drug-likeness (QED) is 0.593. The SMILES string of the molecule is OC1Nc2ccc(Br)cc2/C1=C1\NCc2ccccc2N1. The van der Waals surface area contributed by atoms with Crippen molar-refractivity contribution in [3.63, 3.8) is 0 Å². The first-order valence-electron chi connectivity index (χ1n) is 6.80. The lowest BCUT2D eigenvalue weighted by molar-refractivity contribution is 0.264. The summed E-state index contributed by atoms with van der Waals surface area (Å²) in [5.74, 6) is 0.852. The maximum Gasteiger partial charge on any atom is 0.155 e. The van der Waals surface area contributed by atoms with Crippen molar-refractivity contribution in [2.45, 2.75) is 12.8 Å². The van der Waals surface area contributed by atoms with E-state index < -0.39 is 6.23 Å². The minimum atomic E-state index is -0.713. The van der Waals surface area contributed by atoms with Crippen LogP contribution in [0, 0.1) is 0 Å². The first-order chi connectivity index (χ1) is 10.2. The third-order valence-electron chi connectivity index (χ3n) is 3.84. The molecule has 1 unspecified atom stereocenters. The van der Waals surface area contributed by atoms with E-state index in [1.165, 1.54) is 5.56 Å². The molecule has 2 aromatic carbocycles. The van der Waals surface area contributed by atoms with Gasteiger partial charge in [0, 0.05) is 28.0 Å². The summed E-state index contributed by atoms with van der Waals surface area (Å²) < 4.78 is 0.992. The van der Waals surface area contributed by atoms with E-state index in [1.54, 1.807) is 0 Å². The van der Waals surface area contributed by atoms with E-state index in [-0.39, 0.29) is 0 Å². The average Bonchev–Trinajstić information content (AvgIpc) is 2.82. The minimum Gasteiger partial charge on any atom is -0.369 e. The lowest BCUT2D eigenvalue weighted by Gasteiger charge is -2.25. The van der Waals surface area contributed by atoms with Crippen LogP contribution in [0.5, 0.6) is 0 Å². The van der Waals surface area contributed by atoms with Crippen LogP contribution in [0.25, 0.3) is 5.57 Å². The van der Waals surface area contributed by atoms with E-state index in [2.05, 4.69) is 37.9 Å². The molecule has 106 valence electrons. The molecule has 0 saturated heterocycles. The fraction of sp³-hybridized carbons (Fsp3) is 0.125. The van der Waals surface area contributed by atoms with Gasteiger partial charge in [-0.2, -0.15) is 0 Å². The van der Waals surface area contributed by atoms with Gasteiger partial charge in [-0.15, -0.1) is 0 Å². The maximum atomic E-state index is 10.3. The lowest BCUT2D eigenvalue weighted by atomic mass is 10.0. The summed E-state index contributed by atoms with van der Waals surface area (Å²) in [6, 6.07) is 14.1. The van der Waals surface area contributed by atoms with Gasteiger partial charge in [0.25, 0.3) is 0 Å². The van der Waals surface area contributed by atoms with Crippen molar-refractivity contribution in [1.29, 1.82) is 0 Å². The summed E-state index contributed by atoms with van der Waals surface area (Å²) in [4.78, 5) is 0. The average molecular weight is 344 g/mol. The minimum absolute atomic E-state index is 0.713. The molecule has 0 bridgehead atoms. The van der Waals surface area contributed by atoms with Gasteiger partial charge >= 0.3 is 0 Å². The van der Waals surface area contributed by atoms with Gasteiger partial charge in [-0.3, -0.25) is 0 Å². The van der Waals surface area contributed by atoms with E-state index in [0.717, 1.165) is 39.3 Å². The molecule has 2 aliphatic heterocycles. The summed E-state index contributed by atoms with van der Waals surface area (Å²) in [5.41, 5.74) is 5.09. The van der Waals surface area contributed by atoms with Crippen molar-refractivity contribution in [2.75, 3.05) is 10.6 Å². The van der Waals surface area contributed by atoms with Gasteiger partial charge in [-0.25, -0.2) is 0 Å². The Balaban J connectivity index is 1.82. The van der Waals surface area contributed by atoms with E-state index in [0.29, 0.717) is 0 Å². The molecule has 0 fully saturated rings. The molecule has 4 N–H and O–H groups in total. The van der Waals surface area contributed by atoms with Gasteiger partial charge in [0.2, 0.25) is 0 Å². The number of fused-ring (bicyclic) bond motifs is 2. The van der Waals surface area contributed by atoms with Crippen molar-refractivity contribution < 1.29 is 5.11 Å². The number of anilines is 2. The highest BCUT2D eigenvalue weighted by atomic mass is 79.9. The predicted molar refractivity (Wildman–Crippen MR) is 87.6 cm³/mol. The molecule has 4 rings (SSSR count). The Kier molecular flexibility index (Phi) is 2.90. The van der Waals surface area contributed by atoms with Crippen LogP contribution in [-0.4, -0.2) is 11.3 Å². The highest BCUT2D eigenvalue weighted by Gasteiger charge is 2.29. The number of nitrogens with one attached hydrogen (secondary N) is 3. The number of aliphatic hydroxyl groups excluding tert-OH is 1. The normalized spacial score (nSPS) is 22.7. The molecular formula is C16H14BrN3O. The molecule has 0 aromatic heterocycles. The molecule has 0 amide bonds. The summed E-state index contributed by atoms with van der Waals surface area (Å²) in [6.45, 7) is 0.748. The van der Waals surface area contributed by atoms with Crippen LogP contribution in [0.2, 0.25) is 0 Å². The van der Waals surface area contributed by atoms with Gasteiger partial charge in [0.1, 0.15) is 5.82 Å². The number of aliphatic hydroxyl groups is 1. The Bertz CT molecular complexity index is 757. The number of benzene rings is 2. The third kappa shape index (κ3) is 2.09. The third-order valence-corrected chi connectivity index (χ3v) is 4.33. The fourth-order valence-corrected chi connectivity index (χ4v) is 3.19. The topological polar surface area (TPSA) is 56.3 Å². The highest BCUT2D eigenvalue weighted by Crippen LogP contribution is 2.38. The number of hydrogen-bond donors (Lipinski definition) is 4. The molecule has 5 heteroatoms. The number of para-hydroxylation sites is 1. The van der Waals surface area contributed by atoms with Crippen LogP contribution in [0.15, 0.2) is 52.8 Å². The van der Waals surface area contributed by atoms with Gasteiger partial charge in [-0.1, -0.05) is 34.1 Å². The second kappa shape index (κ2) is 4.79. The fourth-order valence-electron chi connectivity index (χ4n) is 2.82. The highest BCUT2D eigenvalue weighted by molar-refractivity contribution is 9.10. The molecule has 1 atom stereocenters. The monoisotopic (exact) mass is 343 g/mol. The van der Waals surface area contributed by atoms with E-state index >= 15 is 0 Å². The second-order valence-electron chi connectivity index (χ2n) is 5.16. The van der Waals surface area contributed by atoms with Crippen LogP contribution < -0.4 is 16.0 Å². The van der Waals surface area contributed by atoms with Gasteiger partial charge in [-0.05, 0) is 29.8 Å². The summed E-state index contributed by atoms with van der Waals surface area (Å²) in [7, 11) is 0. The van der Waals surface area contributed by atoms with E-state index in [1.807, 2.05) is 36.4 Å². The maximum absolute atomic E-state index is 10.3. The predicted octanol–water partition coefficient (Wildman–Crippen LogP) is 3.08. The molecule has 21 heavy (non-hydrogen) atoms. The lowest BCUT2D eigenvalue weighted by Crippen LogP contribution is -2.29. The number of rotatable bonds is 0. The van der Waals surface area contributed by atoms with Crippen LogP contribution >= 0.6 is 15.9 Å². The van der Waals surface area contributed by atoms with Crippen molar-refractivity contribution in [2.24, 2.45) is 0 Å². The van der Waals surface area contributed by atoms with E-state index in [4.69, 9.17) is 0 Å². The molecule has 0 radical (unpaired) electrons. The Labute approximate surface area is 131 Å². The van der Waals surface area contributed by atoms with Crippen LogP contribution in [0.3, 0.4) is 0 Å². The van der Waals surface area contributed by atoms with Crippen LogP contribution in [0.4, 0.5) is 11.4 Å². The van der Waals surface area contributed by atoms with Crippen LogP contribution in [-0.2, 0) is 6.54 Å². The number of halogens is 1. The smallest absolute Gasteiger partial charge is 0.155 e. The zero-order valence-electron chi connectivity index (χ0n) is 11.2. The zero-order valence-corrected chi connectivity index (χ0v) is 12.7. The largest absolute Gasteiger partial charge is 0.369 e. The zero-order chi connectivity index (χ0) is 14.4. The second-order valence-corrected chi connectivity index (χ2v) is 6.08. The molecule has 2 aromatic rings. The van der Waals surface area contributed by atoms with Gasteiger partial charge < -0.3 is 21.1 Å². The summed E-state index contributed by atoms with van der Waals surface area (Å²) in [6.07, 6.45) is -0.713. The molecule has 0 spiro atoms. The molecule has 0 saturated carbocycles. The standard InChI is InChI=1S/C16H14BrN3O/c17-10-5-6-13-11(7-10)14(16(21)20-13)15-18-8-9-3-1-2-4-12(9)19-15/h1-7,16,18-21H,8H2/b15-14-. The molecule has 0 aliphatic carbocycles. The van der Waals surface area contributed by atoms with Crippen molar-refractivity contribution >= 4 is 32.9 Å². The van der Waals surface area contributed by atoms with Crippen LogP contribution in [0.1, 0.15) is 11.1 Å². The molecule has 2 heterocycles. The van der Waals surface area contributed by atoms with Crippen molar-refractivity contribution in [1.82, 2.24) is 5.32 Å². The Morgan fingerprint density at radius 1 is 1.10 bits per heavy atom. The van der Waals surface area contributed by atoms with Crippen molar-refractivity contribution in [3.05, 3.63) is 63.9 Å². The molecular weight excluding hydrogens is 330 g/mol. The molecule has 2 aliphatic rings. The molecule has 4 nitrogen and oxygen atoms in total. The van der Waals surface area contributed by atoms with Gasteiger partial charge in [0.05, 0.1) is 5.57 Å². The Hall–Kier alpha value is -1.98. The first-order valence-corrected chi connectivity index (χ1v) is 7.59. The first kappa shape index (κ1) is 12.7. The summed E-state index contributed by atoms with van der Waals surface area (Å²) in [5, 5.41) is 20.2. The van der Waals surface area contributed by atoms with E-state index in [9.17, 15) is 5.11 Å². The van der Waals surface area contributed by atoms with Crippen molar-refractivity contribution in [3.8, 4) is 0 Å². The summed E-state index contributed by atoms with van der Waals surface area (Å²) >= 11 is 3.49. The Morgan fingerprint density at radius 2 is 1.95 bits per heavy atom. The van der Waals surface area contributed by atoms with Gasteiger partial charge in [0.15, 0.2) is 6.23 Å². The Morgan fingerprint density at radius 3 is 2.86 bits per heavy atom.